The van der Waals surface area contributed by atoms with Crippen molar-refractivity contribution < 1.29 is 5.11 Å². The maximum absolute atomic E-state index is 10.3. The summed E-state index contributed by atoms with van der Waals surface area (Å²) in [5, 5.41) is 17.3. The summed E-state index contributed by atoms with van der Waals surface area (Å²) in [4.78, 5) is 4.26. The Kier molecular flexibility index (Phi) is 3.87. The Morgan fingerprint density at radius 3 is 2.39 bits per heavy atom. The second-order valence-corrected chi connectivity index (χ2v) is 6.60. The third-order valence-corrected chi connectivity index (χ3v) is 4.82. The van der Waals surface area contributed by atoms with Crippen molar-refractivity contribution in [3.8, 4) is 34.1 Å². The van der Waals surface area contributed by atoms with Crippen molar-refractivity contribution in [1.29, 1.82) is 0 Å². The van der Waals surface area contributed by atoms with Crippen LogP contribution in [0.1, 0.15) is 0 Å². The number of nitrogens with zero attached hydrogens (tertiary/aromatic N) is 3. The Bertz CT molecular complexity index is 1270. The fraction of sp³-hybridized carbons (Fsp3) is 0. The molecule has 0 bridgehead atoms. The molecule has 0 saturated carbocycles. The van der Waals surface area contributed by atoms with Gasteiger partial charge >= 0.3 is 0 Å². The van der Waals surface area contributed by atoms with E-state index in [2.05, 4.69) is 64.7 Å². The van der Waals surface area contributed by atoms with Gasteiger partial charge in [0.05, 0.1) is 5.69 Å². The van der Waals surface area contributed by atoms with Gasteiger partial charge in [-0.15, -0.1) is 0 Å². The van der Waals surface area contributed by atoms with Crippen LogP contribution in [0.5, 0.6) is 5.88 Å². The molecule has 0 aliphatic carbocycles. The molecule has 0 radical (unpaired) electrons. The smallest absolute Gasteiger partial charge is 0.216 e. The molecule has 0 atom stereocenters. The number of pyridine rings is 1. The normalized spacial score (nSPS) is 11.0. The van der Waals surface area contributed by atoms with Gasteiger partial charge in [0.25, 0.3) is 0 Å². The van der Waals surface area contributed by atoms with E-state index in [9.17, 15) is 5.11 Å². The summed E-state index contributed by atoms with van der Waals surface area (Å²) in [7, 11) is 0. The Balaban J connectivity index is 1.60. The van der Waals surface area contributed by atoms with Crippen molar-refractivity contribution in [3.63, 3.8) is 0 Å². The number of hydrogen-bond donors (Lipinski definition) is 1. The molecule has 0 fully saturated rings. The average Bonchev–Trinajstić information content (AvgIpc) is 3.16. The minimum atomic E-state index is 0.0595. The van der Waals surface area contributed by atoms with Crippen molar-refractivity contribution in [2.45, 2.75) is 0 Å². The summed E-state index contributed by atoms with van der Waals surface area (Å²) in [6.45, 7) is 0. The van der Waals surface area contributed by atoms with Gasteiger partial charge in [-0.1, -0.05) is 66.7 Å². The highest BCUT2D eigenvalue weighted by molar-refractivity contribution is 5.97. The molecule has 4 heteroatoms. The van der Waals surface area contributed by atoms with Gasteiger partial charge in [-0.05, 0) is 40.1 Å². The first-order valence-corrected chi connectivity index (χ1v) is 9.08. The van der Waals surface area contributed by atoms with Crippen LogP contribution >= 0.6 is 0 Å². The molecular formula is C24H17N3O. The van der Waals surface area contributed by atoms with Crippen LogP contribution in [0.4, 0.5) is 0 Å². The van der Waals surface area contributed by atoms with E-state index >= 15 is 0 Å². The van der Waals surface area contributed by atoms with Crippen molar-refractivity contribution in [3.05, 3.63) is 97.2 Å². The number of fused-ring (bicyclic) bond motifs is 1. The van der Waals surface area contributed by atoms with Crippen LogP contribution in [-0.4, -0.2) is 19.9 Å². The lowest BCUT2D eigenvalue weighted by Crippen LogP contribution is -1.98. The Morgan fingerprint density at radius 1 is 0.714 bits per heavy atom. The number of rotatable bonds is 3. The quantitative estimate of drug-likeness (QED) is 0.463. The SMILES string of the molecule is Oc1cc(-c2cccc(-c3cccc4ccccc34)c2)nn1-c1ccccn1. The van der Waals surface area contributed by atoms with E-state index in [1.165, 1.54) is 21.0 Å². The van der Waals surface area contributed by atoms with E-state index in [0.29, 0.717) is 11.5 Å². The largest absolute Gasteiger partial charge is 0.493 e. The summed E-state index contributed by atoms with van der Waals surface area (Å²) in [5.74, 6) is 0.640. The zero-order valence-corrected chi connectivity index (χ0v) is 15.0. The van der Waals surface area contributed by atoms with Gasteiger partial charge in [-0.3, -0.25) is 0 Å². The Hall–Kier alpha value is -3.92. The molecule has 134 valence electrons. The van der Waals surface area contributed by atoms with Gasteiger partial charge in [0.15, 0.2) is 5.82 Å². The highest BCUT2D eigenvalue weighted by Gasteiger charge is 2.12. The van der Waals surface area contributed by atoms with Crippen molar-refractivity contribution in [2.75, 3.05) is 0 Å². The van der Waals surface area contributed by atoms with Gasteiger partial charge in [0.1, 0.15) is 0 Å². The van der Waals surface area contributed by atoms with E-state index in [1.54, 1.807) is 12.3 Å². The maximum atomic E-state index is 10.3. The molecule has 0 aliphatic heterocycles. The topological polar surface area (TPSA) is 50.9 Å². The van der Waals surface area contributed by atoms with Crippen LogP contribution in [0.25, 0.3) is 39.0 Å². The molecule has 5 rings (SSSR count). The van der Waals surface area contributed by atoms with Crippen LogP contribution in [0.3, 0.4) is 0 Å². The summed E-state index contributed by atoms with van der Waals surface area (Å²) < 4.78 is 1.44. The molecule has 4 nitrogen and oxygen atoms in total. The summed E-state index contributed by atoms with van der Waals surface area (Å²) in [5.41, 5.74) is 3.93. The number of hydrogen-bond acceptors (Lipinski definition) is 3. The molecule has 3 aromatic carbocycles. The second kappa shape index (κ2) is 6.67. The predicted molar refractivity (Wildman–Crippen MR) is 111 cm³/mol. The number of aromatic hydroxyl groups is 1. The third kappa shape index (κ3) is 2.81. The molecule has 0 unspecified atom stereocenters. The molecule has 0 saturated heterocycles. The molecule has 1 N–H and O–H groups in total. The first-order valence-electron chi connectivity index (χ1n) is 9.08. The Labute approximate surface area is 162 Å². The van der Waals surface area contributed by atoms with Gasteiger partial charge < -0.3 is 5.11 Å². The lowest BCUT2D eigenvalue weighted by molar-refractivity contribution is 0.432. The van der Waals surface area contributed by atoms with Crippen LogP contribution in [-0.2, 0) is 0 Å². The van der Waals surface area contributed by atoms with Crippen LogP contribution in [0.15, 0.2) is 97.2 Å². The zero-order chi connectivity index (χ0) is 18.9. The van der Waals surface area contributed by atoms with Gasteiger partial charge in [-0.2, -0.15) is 9.78 Å². The molecule has 28 heavy (non-hydrogen) atoms. The summed E-state index contributed by atoms with van der Waals surface area (Å²) in [6.07, 6.45) is 1.68. The average molecular weight is 363 g/mol. The Morgan fingerprint density at radius 2 is 1.50 bits per heavy atom. The third-order valence-electron chi connectivity index (χ3n) is 4.82. The van der Waals surface area contributed by atoms with Crippen molar-refractivity contribution in [2.24, 2.45) is 0 Å². The molecule has 0 spiro atoms. The lowest BCUT2D eigenvalue weighted by Gasteiger charge is -2.08. The predicted octanol–water partition coefficient (Wildman–Crippen LogP) is 5.46. The first-order chi connectivity index (χ1) is 13.8. The van der Waals surface area contributed by atoms with Gasteiger partial charge in [0, 0.05) is 17.8 Å². The standard InChI is InChI=1S/C24H17N3O/c28-24-16-22(26-27(24)23-13-3-4-14-25-23)19-10-5-9-18(15-19)21-12-6-8-17-7-1-2-11-20(17)21/h1-16,28H. The molecule has 0 aliphatic rings. The number of aromatic nitrogens is 3. The summed E-state index contributed by atoms with van der Waals surface area (Å²) in [6, 6.07) is 30.1. The minimum absolute atomic E-state index is 0.0595. The second-order valence-electron chi connectivity index (χ2n) is 6.60. The fourth-order valence-corrected chi connectivity index (χ4v) is 3.48. The van der Waals surface area contributed by atoms with Gasteiger partial charge in [-0.25, -0.2) is 4.98 Å². The van der Waals surface area contributed by atoms with Crippen LogP contribution in [0.2, 0.25) is 0 Å². The van der Waals surface area contributed by atoms with Crippen molar-refractivity contribution >= 4 is 10.8 Å². The zero-order valence-electron chi connectivity index (χ0n) is 15.0. The molecule has 0 amide bonds. The van der Waals surface area contributed by atoms with Gasteiger partial charge in [0.2, 0.25) is 5.88 Å². The molecule has 5 aromatic rings. The number of benzene rings is 3. The van der Waals surface area contributed by atoms with E-state index in [4.69, 9.17) is 0 Å². The van der Waals surface area contributed by atoms with Crippen LogP contribution < -0.4 is 0 Å². The minimum Gasteiger partial charge on any atom is -0.493 e. The molecule has 2 aromatic heterocycles. The highest BCUT2D eigenvalue weighted by atomic mass is 16.3. The molecule has 2 heterocycles. The van der Waals surface area contributed by atoms with E-state index in [1.807, 2.05) is 30.3 Å². The molecular weight excluding hydrogens is 346 g/mol. The van der Waals surface area contributed by atoms with Crippen molar-refractivity contribution in [1.82, 2.24) is 14.8 Å². The van der Waals surface area contributed by atoms with E-state index < -0.39 is 0 Å². The summed E-state index contributed by atoms with van der Waals surface area (Å²) >= 11 is 0. The maximum Gasteiger partial charge on any atom is 0.216 e. The fourth-order valence-electron chi connectivity index (χ4n) is 3.48. The van der Waals surface area contributed by atoms with Crippen LogP contribution in [0, 0.1) is 0 Å². The highest BCUT2D eigenvalue weighted by Crippen LogP contribution is 2.32. The van der Waals surface area contributed by atoms with E-state index in [0.717, 1.165) is 11.1 Å². The van der Waals surface area contributed by atoms with E-state index in [-0.39, 0.29) is 5.88 Å². The monoisotopic (exact) mass is 363 g/mol. The lowest BCUT2D eigenvalue weighted by atomic mass is 9.96. The first kappa shape index (κ1) is 16.3.